The summed E-state index contributed by atoms with van der Waals surface area (Å²) >= 11 is 3.44. The van der Waals surface area contributed by atoms with Crippen LogP contribution >= 0.6 is 15.9 Å². The van der Waals surface area contributed by atoms with Crippen molar-refractivity contribution < 1.29 is 9.18 Å². The van der Waals surface area contributed by atoms with E-state index in [1.165, 1.54) is 11.1 Å². The highest BCUT2D eigenvalue weighted by molar-refractivity contribution is 9.10. The van der Waals surface area contributed by atoms with Crippen molar-refractivity contribution in [3.8, 4) is 0 Å². The van der Waals surface area contributed by atoms with Crippen LogP contribution in [-0.2, 0) is 0 Å². The molecule has 0 unspecified atom stereocenters. The molecule has 1 aliphatic heterocycles. The molecule has 0 aliphatic carbocycles. The van der Waals surface area contributed by atoms with Crippen LogP contribution in [0.25, 0.3) is 0 Å². The highest BCUT2D eigenvalue weighted by atomic mass is 79.9. The van der Waals surface area contributed by atoms with Gasteiger partial charge in [0.2, 0.25) is 0 Å². The molecule has 0 bridgehead atoms. The summed E-state index contributed by atoms with van der Waals surface area (Å²) in [7, 11) is 0. The number of nitrogens with zero attached hydrogens (tertiary/aromatic N) is 2. The van der Waals surface area contributed by atoms with Gasteiger partial charge in [-0.15, -0.1) is 0 Å². The Morgan fingerprint density at radius 3 is 2.37 bits per heavy atom. The van der Waals surface area contributed by atoms with Crippen molar-refractivity contribution in [1.82, 2.24) is 5.01 Å². The Morgan fingerprint density at radius 1 is 0.963 bits per heavy atom. The summed E-state index contributed by atoms with van der Waals surface area (Å²) < 4.78 is 15.0. The molecule has 1 aliphatic rings. The zero-order chi connectivity index (χ0) is 18.8. The first-order valence-corrected chi connectivity index (χ1v) is 9.40. The van der Waals surface area contributed by atoms with Crippen molar-refractivity contribution in [3.05, 3.63) is 106 Å². The Morgan fingerprint density at radius 2 is 1.63 bits per heavy atom. The fourth-order valence-corrected chi connectivity index (χ4v) is 3.70. The van der Waals surface area contributed by atoms with Crippen molar-refractivity contribution in [2.24, 2.45) is 5.10 Å². The van der Waals surface area contributed by atoms with Gasteiger partial charge in [-0.05, 0) is 39.7 Å². The minimum absolute atomic E-state index is 0.220. The van der Waals surface area contributed by atoms with Crippen molar-refractivity contribution in [2.75, 3.05) is 0 Å². The summed E-state index contributed by atoms with van der Waals surface area (Å²) in [6, 6.07) is 23.2. The van der Waals surface area contributed by atoms with Gasteiger partial charge >= 0.3 is 0 Å². The van der Waals surface area contributed by atoms with Gasteiger partial charge in [0.15, 0.2) is 0 Å². The Bertz CT molecular complexity index is 1020. The molecule has 134 valence electrons. The molecule has 3 nitrogen and oxygen atoms in total. The third-order valence-electron chi connectivity index (χ3n) is 4.59. The number of carbonyl (C=O) groups is 1. The van der Waals surface area contributed by atoms with Gasteiger partial charge in [0.25, 0.3) is 5.91 Å². The highest BCUT2D eigenvalue weighted by Crippen LogP contribution is 2.35. The molecule has 0 radical (unpaired) electrons. The van der Waals surface area contributed by atoms with E-state index in [2.05, 4.69) is 21.0 Å². The second-order valence-corrected chi connectivity index (χ2v) is 7.14. The van der Waals surface area contributed by atoms with Crippen LogP contribution in [0.5, 0.6) is 0 Å². The summed E-state index contributed by atoms with van der Waals surface area (Å²) in [5.74, 6) is -0.555. The number of amides is 1. The molecule has 3 aromatic carbocycles. The maximum Gasteiger partial charge on any atom is 0.275 e. The minimum atomic E-state index is -0.335. The summed E-state index contributed by atoms with van der Waals surface area (Å²) in [6.07, 6.45) is 0.459. The number of hydrogen-bond acceptors (Lipinski definition) is 2. The lowest BCUT2D eigenvalue weighted by molar-refractivity contribution is 0.0710. The van der Waals surface area contributed by atoms with Crippen LogP contribution < -0.4 is 0 Å². The first kappa shape index (κ1) is 17.6. The van der Waals surface area contributed by atoms with Gasteiger partial charge in [-0.2, -0.15) is 5.10 Å². The number of halogens is 2. The molecule has 3 aromatic rings. The molecule has 4 rings (SSSR count). The molecular weight excluding hydrogens is 407 g/mol. The first-order chi connectivity index (χ1) is 13.1. The Hall–Kier alpha value is -2.79. The fraction of sp³-hybridized carbons (Fsp3) is 0.0909. The average Bonchev–Trinajstić information content (AvgIpc) is 3.14. The van der Waals surface area contributed by atoms with E-state index in [0.717, 1.165) is 5.56 Å². The van der Waals surface area contributed by atoms with Crippen molar-refractivity contribution in [2.45, 2.75) is 12.5 Å². The van der Waals surface area contributed by atoms with Crippen LogP contribution in [0.3, 0.4) is 0 Å². The molecule has 1 amide bonds. The topological polar surface area (TPSA) is 32.7 Å². The lowest BCUT2D eigenvalue weighted by Gasteiger charge is -2.22. The second kappa shape index (κ2) is 7.45. The second-order valence-electron chi connectivity index (χ2n) is 6.29. The molecule has 0 fully saturated rings. The van der Waals surface area contributed by atoms with Gasteiger partial charge < -0.3 is 0 Å². The van der Waals surface area contributed by atoms with Crippen LogP contribution in [-0.4, -0.2) is 16.6 Å². The van der Waals surface area contributed by atoms with Crippen LogP contribution in [0.2, 0.25) is 0 Å². The van der Waals surface area contributed by atoms with E-state index in [9.17, 15) is 9.18 Å². The van der Waals surface area contributed by atoms with Crippen molar-refractivity contribution in [3.63, 3.8) is 0 Å². The molecular formula is C22H16BrFN2O. The quantitative estimate of drug-likeness (QED) is 0.542. The SMILES string of the molecule is O=C(c1ccccc1Br)N1N=C(c2ccccc2F)C[C@@H]1c1ccccc1. The van der Waals surface area contributed by atoms with E-state index in [1.54, 1.807) is 24.3 Å². The van der Waals surface area contributed by atoms with Crippen molar-refractivity contribution >= 4 is 27.5 Å². The number of hydrazone groups is 1. The zero-order valence-corrected chi connectivity index (χ0v) is 15.9. The smallest absolute Gasteiger partial charge is 0.267 e. The van der Waals surface area contributed by atoms with Gasteiger partial charge in [0, 0.05) is 16.5 Å². The molecule has 27 heavy (non-hydrogen) atoms. The zero-order valence-electron chi connectivity index (χ0n) is 14.3. The van der Waals surface area contributed by atoms with E-state index in [0.29, 0.717) is 27.7 Å². The largest absolute Gasteiger partial charge is 0.275 e. The van der Waals surface area contributed by atoms with Gasteiger partial charge in [0.05, 0.1) is 17.3 Å². The predicted octanol–water partition coefficient (Wildman–Crippen LogP) is 5.58. The average molecular weight is 423 g/mol. The predicted molar refractivity (Wildman–Crippen MR) is 107 cm³/mol. The lowest BCUT2D eigenvalue weighted by atomic mass is 9.98. The molecule has 0 spiro atoms. The molecule has 0 saturated heterocycles. The molecule has 1 atom stereocenters. The van der Waals surface area contributed by atoms with E-state index >= 15 is 0 Å². The number of carbonyl (C=O) groups excluding carboxylic acids is 1. The molecule has 5 heteroatoms. The summed E-state index contributed by atoms with van der Waals surface area (Å²) in [6.45, 7) is 0. The van der Waals surface area contributed by atoms with Gasteiger partial charge in [-0.1, -0.05) is 60.7 Å². The first-order valence-electron chi connectivity index (χ1n) is 8.60. The Balaban J connectivity index is 1.77. The lowest BCUT2D eigenvalue weighted by Crippen LogP contribution is -2.27. The number of benzene rings is 3. The van der Waals surface area contributed by atoms with E-state index < -0.39 is 0 Å². The minimum Gasteiger partial charge on any atom is -0.267 e. The van der Waals surface area contributed by atoms with Crippen LogP contribution in [0.1, 0.15) is 33.9 Å². The van der Waals surface area contributed by atoms with E-state index in [-0.39, 0.29) is 17.8 Å². The Kier molecular flexibility index (Phi) is 4.86. The van der Waals surface area contributed by atoms with Gasteiger partial charge in [-0.25, -0.2) is 9.40 Å². The maximum atomic E-state index is 14.3. The Labute approximate surface area is 165 Å². The maximum absolute atomic E-state index is 14.3. The summed E-state index contributed by atoms with van der Waals surface area (Å²) in [4.78, 5) is 13.2. The van der Waals surface area contributed by atoms with Gasteiger partial charge in [0.1, 0.15) is 5.82 Å². The van der Waals surface area contributed by atoms with Crippen LogP contribution in [0.4, 0.5) is 4.39 Å². The third-order valence-corrected chi connectivity index (χ3v) is 5.28. The number of hydrogen-bond donors (Lipinski definition) is 0. The standard InChI is InChI=1S/C22H16BrFN2O/c23-18-12-6-4-10-16(18)22(27)26-21(15-8-2-1-3-9-15)14-20(25-26)17-11-5-7-13-19(17)24/h1-13,21H,14H2/t21-/m1/s1. The number of rotatable bonds is 3. The van der Waals surface area contributed by atoms with E-state index in [1.807, 2.05) is 48.5 Å². The van der Waals surface area contributed by atoms with Crippen LogP contribution in [0, 0.1) is 5.82 Å². The fourth-order valence-electron chi connectivity index (χ4n) is 3.25. The normalized spacial score (nSPS) is 16.3. The van der Waals surface area contributed by atoms with E-state index in [4.69, 9.17) is 0 Å². The third kappa shape index (κ3) is 3.43. The molecule has 0 saturated carbocycles. The molecule has 1 heterocycles. The van der Waals surface area contributed by atoms with Crippen molar-refractivity contribution in [1.29, 1.82) is 0 Å². The monoisotopic (exact) mass is 422 g/mol. The summed E-state index contributed by atoms with van der Waals surface area (Å²) in [5.41, 5.74) is 2.49. The molecule has 0 aromatic heterocycles. The highest BCUT2D eigenvalue weighted by Gasteiger charge is 2.34. The molecule has 0 N–H and O–H groups in total. The van der Waals surface area contributed by atoms with Crippen LogP contribution in [0.15, 0.2) is 88.4 Å². The van der Waals surface area contributed by atoms with Gasteiger partial charge in [-0.3, -0.25) is 4.79 Å². The summed E-state index contributed by atoms with van der Waals surface area (Å²) in [5, 5.41) is 6.00.